The van der Waals surface area contributed by atoms with Crippen molar-refractivity contribution in [2.45, 2.75) is 24.9 Å². The van der Waals surface area contributed by atoms with E-state index < -0.39 is 5.60 Å². The van der Waals surface area contributed by atoms with E-state index in [1.165, 1.54) is 6.08 Å². The third-order valence-corrected chi connectivity index (χ3v) is 3.10. The van der Waals surface area contributed by atoms with Gasteiger partial charge in [-0.1, -0.05) is 30.3 Å². The lowest BCUT2D eigenvalue weighted by Gasteiger charge is -2.36. The Labute approximate surface area is 101 Å². The van der Waals surface area contributed by atoms with E-state index in [-0.39, 0.29) is 5.91 Å². The molecule has 90 valence electrons. The predicted molar refractivity (Wildman–Crippen MR) is 67.3 cm³/mol. The van der Waals surface area contributed by atoms with Crippen molar-refractivity contribution >= 4 is 12.0 Å². The fraction of sp³-hybridized carbons (Fsp3) is 0.357. The van der Waals surface area contributed by atoms with Crippen LogP contribution in [0.5, 0.6) is 0 Å². The standard InChI is InChI=1S/C14H17NO2/c16-13(15-11-14(17)9-4-10-14)8-7-12-5-2-1-3-6-12/h1-3,5-8,17H,4,9-11H2,(H,15,16)/b8-7+. The molecular weight excluding hydrogens is 214 g/mol. The lowest BCUT2D eigenvalue weighted by Crippen LogP contribution is -2.47. The maximum Gasteiger partial charge on any atom is 0.244 e. The van der Waals surface area contributed by atoms with Crippen LogP contribution < -0.4 is 5.32 Å². The lowest BCUT2D eigenvalue weighted by atomic mass is 9.80. The summed E-state index contributed by atoms with van der Waals surface area (Å²) in [6.45, 7) is 0.352. The second kappa shape index (κ2) is 5.15. The normalized spacial score (nSPS) is 17.7. The number of amides is 1. The summed E-state index contributed by atoms with van der Waals surface area (Å²) >= 11 is 0. The van der Waals surface area contributed by atoms with Crippen LogP contribution in [-0.4, -0.2) is 23.2 Å². The number of nitrogens with one attached hydrogen (secondary N) is 1. The molecule has 1 saturated carbocycles. The van der Waals surface area contributed by atoms with Gasteiger partial charge in [-0.25, -0.2) is 0 Å². The Hall–Kier alpha value is -1.61. The van der Waals surface area contributed by atoms with Crippen LogP contribution in [0.1, 0.15) is 24.8 Å². The number of rotatable bonds is 4. The van der Waals surface area contributed by atoms with Gasteiger partial charge < -0.3 is 10.4 Å². The highest BCUT2D eigenvalue weighted by Crippen LogP contribution is 2.30. The van der Waals surface area contributed by atoms with E-state index in [2.05, 4.69) is 5.32 Å². The van der Waals surface area contributed by atoms with Crippen molar-refractivity contribution < 1.29 is 9.90 Å². The SMILES string of the molecule is O=C(/C=C/c1ccccc1)NCC1(O)CCC1. The fourth-order valence-electron chi connectivity index (χ4n) is 1.81. The number of hydrogen-bond donors (Lipinski definition) is 2. The van der Waals surface area contributed by atoms with Gasteiger partial charge in [0.1, 0.15) is 0 Å². The molecule has 1 aliphatic carbocycles. The Balaban J connectivity index is 1.79. The maximum absolute atomic E-state index is 11.5. The van der Waals surface area contributed by atoms with Crippen molar-refractivity contribution in [2.75, 3.05) is 6.54 Å². The minimum Gasteiger partial charge on any atom is -0.388 e. The molecule has 0 saturated heterocycles. The average molecular weight is 231 g/mol. The first-order valence-corrected chi connectivity index (χ1v) is 5.91. The number of carbonyl (C=O) groups excluding carboxylic acids is 1. The summed E-state index contributed by atoms with van der Waals surface area (Å²) in [6.07, 6.45) is 5.88. The fourth-order valence-corrected chi connectivity index (χ4v) is 1.81. The highest BCUT2D eigenvalue weighted by atomic mass is 16.3. The molecule has 0 heterocycles. The van der Waals surface area contributed by atoms with Crippen LogP contribution in [0.4, 0.5) is 0 Å². The largest absolute Gasteiger partial charge is 0.388 e. The topological polar surface area (TPSA) is 49.3 Å². The number of carbonyl (C=O) groups is 1. The molecule has 0 bridgehead atoms. The molecule has 2 N–H and O–H groups in total. The highest BCUT2D eigenvalue weighted by molar-refractivity contribution is 5.91. The zero-order valence-corrected chi connectivity index (χ0v) is 9.73. The van der Waals surface area contributed by atoms with Gasteiger partial charge >= 0.3 is 0 Å². The third kappa shape index (κ3) is 3.43. The third-order valence-electron chi connectivity index (χ3n) is 3.10. The van der Waals surface area contributed by atoms with E-state index in [0.29, 0.717) is 6.54 Å². The molecule has 1 fully saturated rings. The molecule has 1 aromatic rings. The minimum atomic E-state index is -0.657. The van der Waals surface area contributed by atoms with E-state index in [0.717, 1.165) is 24.8 Å². The summed E-state index contributed by atoms with van der Waals surface area (Å²) in [5.41, 5.74) is 0.334. The predicted octanol–water partition coefficient (Wildman–Crippen LogP) is 1.73. The van der Waals surface area contributed by atoms with Crippen molar-refractivity contribution in [3.8, 4) is 0 Å². The molecule has 1 aliphatic rings. The van der Waals surface area contributed by atoms with Gasteiger partial charge in [-0.15, -0.1) is 0 Å². The first-order chi connectivity index (χ1) is 8.18. The van der Waals surface area contributed by atoms with Gasteiger partial charge in [-0.3, -0.25) is 4.79 Å². The summed E-state index contributed by atoms with van der Waals surface area (Å²) in [5.74, 6) is -0.158. The molecule has 0 aliphatic heterocycles. The second-order valence-corrected chi connectivity index (χ2v) is 4.54. The Kier molecular flexibility index (Phi) is 3.59. The number of hydrogen-bond acceptors (Lipinski definition) is 2. The molecule has 0 radical (unpaired) electrons. The summed E-state index contributed by atoms with van der Waals surface area (Å²) in [6, 6.07) is 9.65. The van der Waals surface area contributed by atoms with Gasteiger partial charge in [0.25, 0.3) is 0 Å². The van der Waals surface area contributed by atoms with Crippen LogP contribution in [0.2, 0.25) is 0 Å². The van der Waals surface area contributed by atoms with Crippen molar-refractivity contribution in [3.05, 3.63) is 42.0 Å². The van der Waals surface area contributed by atoms with E-state index in [4.69, 9.17) is 0 Å². The Bertz CT molecular complexity index is 407. The molecule has 0 atom stereocenters. The molecule has 17 heavy (non-hydrogen) atoms. The van der Waals surface area contributed by atoms with Crippen molar-refractivity contribution in [1.29, 1.82) is 0 Å². The quantitative estimate of drug-likeness (QED) is 0.775. The van der Waals surface area contributed by atoms with Crippen molar-refractivity contribution in [3.63, 3.8) is 0 Å². The summed E-state index contributed by atoms with van der Waals surface area (Å²) < 4.78 is 0. The van der Waals surface area contributed by atoms with Crippen LogP contribution in [0, 0.1) is 0 Å². The summed E-state index contributed by atoms with van der Waals surface area (Å²) in [5, 5.41) is 12.5. The zero-order valence-electron chi connectivity index (χ0n) is 9.73. The molecule has 1 amide bonds. The molecule has 0 spiro atoms. The summed E-state index contributed by atoms with van der Waals surface area (Å²) in [4.78, 5) is 11.5. The first kappa shape index (κ1) is 11.9. The van der Waals surface area contributed by atoms with E-state index in [9.17, 15) is 9.90 Å². The molecule has 1 aromatic carbocycles. The van der Waals surface area contributed by atoms with Crippen LogP contribution in [0.3, 0.4) is 0 Å². The second-order valence-electron chi connectivity index (χ2n) is 4.54. The highest BCUT2D eigenvalue weighted by Gasteiger charge is 2.34. The van der Waals surface area contributed by atoms with Gasteiger partial charge in [0, 0.05) is 12.6 Å². The lowest BCUT2D eigenvalue weighted by molar-refractivity contribution is -0.118. The van der Waals surface area contributed by atoms with Gasteiger partial charge in [0.05, 0.1) is 5.60 Å². The monoisotopic (exact) mass is 231 g/mol. The smallest absolute Gasteiger partial charge is 0.244 e. The van der Waals surface area contributed by atoms with E-state index >= 15 is 0 Å². The number of aliphatic hydroxyl groups is 1. The molecular formula is C14H17NO2. The van der Waals surface area contributed by atoms with Gasteiger partial charge in [0.15, 0.2) is 0 Å². The molecule has 3 nitrogen and oxygen atoms in total. The molecule has 2 rings (SSSR count). The number of benzene rings is 1. The van der Waals surface area contributed by atoms with E-state index in [1.807, 2.05) is 30.3 Å². The van der Waals surface area contributed by atoms with Crippen molar-refractivity contribution in [1.82, 2.24) is 5.32 Å². The van der Waals surface area contributed by atoms with Crippen LogP contribution in [-0.2, 0) is 4.79 Å². The van der Waals surface area contributed by atoms with Gasteiger partial charge in [-0.05, 0) is 30.9 Å². The summed E-state index contributed by atoms with van der Waals surface area (Å²) in [7, 11) is 0. The van der Waals surface area contributed by atoms with Crippen LogP contribution in [0.25, 0.3) is 6.08 Å². The van der Waals surface area contributed by atoms with Crippen LogP contribution >= 0.6 is 0 Å². The van der Waals surface area contributed by atoms with E-state index in [1.54, 1.807) is 6.08 Å². The zero-order chi connectivity index (χ0) is 12.1. The Morgan fingerprint density at radius 1 is 1.35 bits per heavy atom. The molecule has 3 heteroatoms. The Morgan fingerprint density at radius 3 is 2.65 bits per heavy atom. The first-order valence-electron chi connectivity index (χ1n) is 5.91. The Morgan fingerprint density at radius 2 is 2.06 bits per heavy atom. The molecule has 0 aromatic heterocycles. The average Bonchev–Trinajstić information content (AvgIpc) is 2.33. The van der Waals surface area contributed by atoms with Crippen LogP contribution in [0.15, 0.2) is 36.4 Å². The molecule has 0 unspecified atom stereocenters. The van der Waals surface area contributed by atoms with Crippen molar-refractivity contribution in [2.24, 2.45) is 0 Å². The maximum atomic E-state index is 11.5. The minimum absolute atomic E-state index is 0.158. The van der Waals surface area contributed by atoms with Gasteiger partial charge in [0.2, 0.25) is 5.91 Å². The van der Waals surface area contributed by atoms with Gasteiger partial charge in [-0.2, -0.15) is 0 Å².